The third-order valence-corrected chi connectivity index (χ3v) is 4.84. The molecule has 2 saturated carbocycles. The molecule has 1 atom stereocenters. The SMILES string of the molecule is CCOC(CCNC(=NC)NCCOCC1CC1)C1CCCC1.I. The van der Waals surface area contributed by atoms with Crippen LogP contribution in [0.25, 0.3) is 0 Å². The Kier molecular flexibility index (Phi) is 12.0. The number of ether oxygens (including phenoxy) is 2. The molecule has 0 aromatic heterocycles. The zero-order valence-electron chi connectivity index (χ0n) is 15.4. The van der Waals surface area contributed by atoms with Crippen LogP contribution in [-0.2, 0) is 9.47 Å². The van der Waals surface area contributed by atoms with Gasteiger partial charge in [-0.15, -0.1) is 24.0 Å². The smallest absolute Gasteiger partial charge is 0.191 e. The number of aliphatic imine (C=N–C) groups is 1. The molecule has 142 valence electrons. The van der Waals surface area contributed by atoms with Gasteiger partial charge in [0.25, 0.3) is 0 Å². The van der Waals surface area contributed by atoms with Crippen LogP contribution in [0.15, 0.2) is 4.99 Å². The molecule has 0 aromatic carbocycles. The lowest BCUT2D eigenvalue weighted by atomic mass is 9.98. The third-order valence-electron chi connectivity index (χ3n) is 4.84. The van der Waals surface area contributed by atoms with Crippen molar-refractivity contribution in [3.8, 4) is 0 Å². The van der Waals surface area contributed by atoms with Crippen LogP contribution in [0, 0.1) is 11.8 Å². The van der Waals surface area contributed by atoms with E-state index in [0.717, 1.165) is 57.1 Å². The minimum absolute atomic E-state index is 0. The van der Waals surface area contributed by atoms with Gasteiger partial charge in [-0.25, -0.2) is 0 Å². The number of guanidine groups is 1. The predicted octanol–water partition coefficient (Wildman–Crippen LogP) is 3.18. The van der Waals surface area contributed by atoms with Gasteiger partial charge in [-0.2, -0.15) is 0 Å². The average Bonchev–Trinajstić information content (AvgIpc) is 3.22. The van der Waals surface area contributed by atoms with Gasteiger partial charge >= 0.3 is 0 Å². The lowest BCUT2D eigenvalue weighted by Crippen LogP contribution is -2.40. The van der Waals surface area contributed by atoms with Gasteiger partial charge in [0.2, 0.25) is 0 Å². The maximum absolute atomic E-state index is 5.96. The topological polar surface area (TPSA) is 54.9 Å². The first-order valence-corrected chi connectivity index (χ1v) is 9.47. The van der Waals surface area contributed by atoms with Crippen LogP contribution in [0.1, 0.15) is 51.9 Å². The van der Waals surface area contributed by atoms with Crippen molar-refractivity contribution in [3.05, 3.63) is 0 Å². The quantitative estimate of drug-likeness (QED) is 0.218. The van der Waals surface area contributed by atoms with Crippen molar-refractivity contribution in [2.75, 3.05) is 40.0 Å². The van der Waals surface area contributed by atoms with Crippen molar-refractivity contribution < 1.29 is 9.47 Å². The third kappa shape index (κ3) is 8.85. The zero-order valence-corrected chi connectivity index (χ0v) is 17.7. The zero-order chi connectivity index (χ0) is 16.3. The summed E-state index contributed by atoms with van der Waals surface area (Å²) in [4.78, 5) is 4.27. The second kappa shape index (κ2) is 13.2. The number of rotatable bonds is 11. The fraction of sp³-hybridized carbons (Fsp3) is 0.944. The second-order valence-electron chi connectivity index (χ2n) is 6.77. The van der Waals surface area contributed by atoms with E-state index in [4.69, 9.17) is 9.47 Å². The molecule has 2 aliphatic rings. The Labute approximate surface area is 164 Å². The Morgan fingerprint density at radius 2 is 1.83 bits per heavy atom. The Morgan fingerprint density at radius 1 is 1.12 bits per heavy atom. The van der Waals surface area contributed by atoms with Crippen molar-refractivity contribution in [2.45, 2.75) is 58.0 Å². The summed E-state index contributed by atoms with van der Waals surface area (Å²) < 4.78 is 11.6. The summed E-state index contributed by atoms with van der Waals surface area (Å²) in [6.07, 6.45) is 9.54. The molecular weight excluding hydrogens is 417 g/mol. The molecule has 2 N–H and O–H groups in total. The summed E-state index contributed by atoms with van der Waals surface area (Å²) in [6, 6.07) is 0. The first-order chi connectivity index (χ1) is 11.3. The van der Waals surface area contributed by atoms with Crippen LogP contribution in [0.2, 0.25) is 0 Å². The highest BCUT2D eigenvalue weighted by Crippen LogP contribution is 2.30. The molecule has 0 radical (unpaired) electrons. The maximum Gasteiger partial charge on any atom is 0.191 e. The van der Waals surface area contributed by atoms with E-state index < -0.39 is 0 Å². The highest BCUT2D eigenvalue weighted by atomic mass is 127. The lowest BCUT2D eigenvalue weighted by Gasteiger charge is -2.24. The summed E-state index contributed by atoms with van der Waals surface area (Å²) in [6.45, 7) is 6.30. The fourth-order valence-electron chi connectivity index (χ4n) is 3.33. The van der Waals surface area contributed by atoms with Crippen LogP contribution < -0.4 is 10.6 Å². The predicted molar refractivity (Wildman–Crippen MR) is 110 cm³/mol. The standard InChI is InChI=1S/C18H35N3O2.HI/c1-3-23-17(16-6-4-5-7-16)10-11-20-18(19-2)21-12-13-22-14-15-8-9-15;/h15-17H,3-14H2,1-2H3,(H2,19,20,21);1H. The number of hydrogen-bond acceptors (Lipinski definition) is 3. The summed E-state index contributed by atoms with van der Waals surface area (Å²) >= 11 is 0. The molecule has 2 fully saturated rings. The monoisotopic (exact) mass is 453 g/mol. The van der Waals surface area contributed by atoms with Crippen LogP contribution in [0.5, 0.6) is 0 Å². The summed E-state index contributed by atoms with van der Waals surface area (Å²) in [7, 11) is 1.82. The number of nitrogens with one attached hydrogen (secondary N) is 2. The molecule has 6 heteroatoms. The van der Waals surface area contributed by atoms with Gasteiger partial charge in [0.1, 0.15) is 0 Å². The normalized spacial score (nSPS) is 19.8. The van der Waals surface area contributed by atoms with E-state index in [9.17, 15) is 0 Å². The highest BCUT2D eigenvalue weighted by molar-refractivity contribution is 14.0. The lowest BCUT2D eigenvalue weighted by molar-refractivity contribution is 0.0169. The van der Waals surface area contributed by atoms with Gasteiger partial charge in [-0.1, -0.05) is 12.8 Å². The van der Waals surface area contributed by atoms with Crippen molar-refractivity contribution >= 4 is 29.9 Å². The Bertz CT molecular complexity index is 345. The molecule has 0 saturated heterocycles. The molecule has 0 bridgehead atoms. The minimum atomic E-state index is 0. The Morgan fingerprint density at radius 3 is 2.46 bits per heavy atom. The molecule has 2 aliphatic carbocycles. The first kappa shape index (κ1) is 22.0. The van der Waals surface area contributed by atoms with E-state index in [-0.39, 0.29) is 24.0 Å². The van der Waals surface area contributed by atoms with Crippen LogP contribution in [0.4, 0.5) is 0 Å². The number of hydrogen-bond donors (Lipinski definition) is 2. The molecule has 5 nitrogen and oxygen atoms in total. The van der Waals surface area contributed by atoms with Gasteiger partial charge in [-0.3, -0.25) is 4.99 Å². The van der Waals surface area contributed by atoms with Gasteiger partial charge in [0.05, 0.1) is 12.7 Å². The van der Waals surface area contributed by atoms with E-state index in [1.807, 2.05) is 7.05 Å². The molecule has 2 rings (SSSR count). The van der Waals surface area contributed by atoms with Crippen LogP contribution >= 0.6 is 24.0 Å². The molecular formula is C18H36IN3O2. The van der Waals surface area contributed by atoms with E-state index in [1.54, 1.807) is 0 Å². The van der Waals surface area contributed by atoms with E-state index in [1.165, 1.54) is 38.5 Å². The van der Waals surface area contributed by atoms with Gasteiger partial charge in [0.15, 0.2) is 5.96 Å². The second-order valence-corrected chi connectivity index (χ2v) is 6.77. The molecule has 0 aromatic rings. The Balaban J connectivity index is 0.00000288. The van der Waals surface area contributed by atoms with Crippen molar-refractivity contribution in [2.24, 2.45) is 16.8 Å². The van der Waals surface area contributed by atoms with Gasteiger partial charge in [-0.05, 0) is 50.9 Å². The molecule has 0 aliphatic heterocycles. The highest BCUT2D eigenvalue weighted by Gasteiger charge is 2.25. The van der Waals surface area contributed by atoms with Gasteiger partial charge < -0.3 is 20.1 Å². The summed E-state index contributed by atoms with van der Waals surface area (Å²) in [5.41, 5.74) is 0. The minimum Gasteiger partial charge on any atom is -0.379 e. The first-order valence-electron chi connectivity index (χ1n) is 9.47. The number of halogens is 1. The van der Waals surface area contributed by atoms with E-state index in [0.29, 0.717) is 6.10 Å². The van der Waals surface area contributed by atoms with Crippen molar-refractivity contribution in [1.29, 1.82) is 0 Å². The van der Waals surface area contributed by atoms with E-state index >= 15 is 0 Å². The fourth-order valence-corrected chi connectivity index (χ4v) is 3.33. The molecule has 0 heterocycles. The number of nitrogens with zero attached hydrogens (tertiary/aromatic N) is 1. The molecule has 24 heavy (non-hydrogen) atoms. The average molecular weight is 453 g/mol. The largest absolute Gasteiger partial charge is 0.379 e. The van der Waals surface area contributed by atoms with Crippen LogP contribution in [0.3, 0.4) is 0 Å². The maximum atomic E-state index is 5.96. The molecule has 1 unspecified atom stereocenters. The summed E-state index contributed by atoms with van der Waals surface area (Å²) in [5, 5.41) is 6.71. The molecule has 0 amide bonds. The van der Waals surface area contributed by atoms with Gasteiger partial charge in [0, 0.05) is 33.4 Å². The van der Waals surface area contributed by atoms with Crippen LogP contribution in [-0.4, -0.2) is 52.0 Å². The van der Waals surface area contributed by atoms with Crippen molar-refractivity contribution in [3.63, 3.8) is 0 Å². The van der Waals surface area contributed by atoms with E-state index in [2.05, 4.69) is 22.5 Å². The Hall–Kier alpha value is -0.0800. The summed E-state index contributed by atoms with van der Waals surface area (Å²) in [5.74, 6) is 2.45. The molecule has 0 spiro atoms. The van der Waals surface area contributed by atoms with Crippen molar-refractivity contribution in [1.82, 2.24) is 10.6 Å².